The fourth-order valence-corrected chi connectivity index (χ4v) is 1.11. The van der Waals surface area contributed by atoms with Gasteiger partial charge < -0.3 is 11.1 Å². The molecule has 0 atom stereocenters. The predicted octanol–water partition coefficient (Wildman–Crippen LogP) is 0.865. The van der Waals surface area contributed by atoms with Crippen LogP contribution in [0.3, 0.4) is 0 Å². The summed E-state index contributed by atoms with van der Waals surface area (Å²) in [6.45, 7) is 0.864. The van der Waals surface area contributed by atoms with Gasteiger partial charge in [0.1, 0.15) is 5.82 Å². The summed E-state index contributed by atoms with van der Waals surface area (Å²) in [5.74, 6) is -0.463. The van der Waals surface area contributed by atoms with E-state index in [0.29, 0.717) is 18.7 Å². The standard InChI is InChI=1S/C10H13FN2O.ClH/c11-9-3-1-2-8(6-9)7-10(14)13-5-4-12;/h1-3,6H,4-5,7,12H2,(H,13,14);1H. The molecule has 84 valence electrons. The van der Waals surface area contributed by atoms with E-state index in [2.05, 4.69) is 5.32 Å². The van der Waals surface area contributed by atoms with Crippen LogP contribution in [0.25, 0.3) is 0 Å². The summed E-state index contributed by atoms with van der Waals surface area (Å²) < 4.78 is 12.7. The first kappa shape index (κ1) is 13.9. The van der Waals surface area contributed by atoms with Crippen LogP contribution in [0.1, 0.15) is 5.56 Å². The normalized spacial score (nSPS) is 9.20. The third-order valence-electron chi connectivity index (χ3n) is 1.72. The second kappa shape index (κ2) is 7.20. The molecule has 0 saturated carbocycles. The van der Waals surface area contributed by atoms with Crippen LogP contribution in [0.5, 0.6) is 0 Å². The summed E-state index contributed by atoms with van der Waals surface area (Å²) in [5, 5.41) is 2.61. The van der Waals surface area contributed by atoms with Gasteiger partial charge in [-0.3, -0.25) is 4.79 Å². The number of rotatable bonds is 4. The minimum Gasteiger partial charge on any atom is -0.355 e. The van der Waals surface area contributed by atoms with E-state index in [0.717, 1.165) is 0 Å². The van der Waals surface area contributed by atoms with Crippen LogP contribution >= 0.6 is 12.4 Å². The average Bonchev–Trinajstić information content (AvgIpc) is 2.15. The molecule has 0 aliphatic rings. The molecule has 3 nitrogen and oxygen atoms in total. The molecule has 3 N–H and O–H groups in total. The van der Waals surface area contributed by atoms with Gasteiger partial charge in [0.25, 0.3) is 0 Å². The van der Waals surface area contributed by atoms with E-state index in [1.807, 2.05) is 0 Å². The molecule has 0 radical (unpaired) electrons. The Morgan fingerprint density at radius 3 is 2.80 bits per heavy atom. The largest absolute Gasteiger partial charge is 0.355 e. The van der Waals surface area contributed by atoms with Gasteiger partial charge in [-0.15, -0.1) is 12.4 Å². The van der Waals surface area contributed by atoms with Crippen molar-refractivity contribution in [2.75, 3.05) is 13.1 Å². The summed E-state index contributed by atoms with van der Waals surface area (Å²) >= 11 is 0. The number of nitrogens with two attached hydrogens (primary N) is 1. The highest BCUT2D eigenvalue weighted by Crippen LogP contribution is 2.03. The third kappa shape index (κ3) is 5.34. The first-order chi connectivity index (χ1) is 6.72. The van der Waals surface area contributed by atoms with Crippen LogP contribution in [-0.4, -0.2) is 19.0 Å². The Kier molecular flexibility index (Phi) is 6.66. The summed E-state index contributed by atoms with van der Waals surface area (Å²) in [4.78, 5) is 11.2. The molecule has 15 heavy (non-hydrogen) atoms. The average molecular weight is 233 g/mol. The molecule has 1 aromatic rings. The van der Waals surface area contributed by atoms with Gasteiger partial charge in [-0.25, -0.2) is 4.39 Å². The van der Waals surface area contributed by atoms with E-state index in [-0.39, 0.29) is 30.6 Å². The quantitative estimate of drug-likeness (QED) is 0.809. The van der Waals surface area contributed by atoms with Gasteiger partial charge >= 0.3 is 0 Å². The number of amides is 1. The maximum Gasteiger partial charge on any atom is 0.224 e. The lowest BCUT2D eigenvalue weighted by Crippen LogP contribution is -2.30. The van der Waals surface area contributed by atoms with Crippen LogP contribution in [0.4, 0.5) is 4.39 Å². The van der Waals surface area contributed by atoms with Crippen molar-refractivity contribution in [1.29, 1.82) is 0 Å². The summed E-state index contributed by atoms with van der Waals surface area (Å²) in [5.41, 5.74) is 5.89. The fourth-order valence-electron chi connectivity index (χ4n) is 1.11. The van der Waals surface area contributed by atoms with Crippen molar-refractivity contribution in [3.63, 3.8) is 0 Å². The molecule has 0 aromatic heterocycles. The number of carbonyl (C=O) groups is 1. The molecule has 5 heteroatoms. The molecule has 1 rings (SSSR count). The van der Waals surface area contributed by atoms with Gasteiger partial charge in [0, 0.05) is 13.1 Å². The molecule has 0 aliphatic carbocycles. The second-order valence-electron chi connectivity index (χ2n) is 2.95. The molecule has 0 aliphatic heterocycles. The number of nitrogens with one attached hydrogen (secondary N) is 1. The molecule has 1 amide bonds. The van der Waals surface area contributed by atoms with Crippen molar-refractivity contribution in [1.82, 2.24) is 5.32 Å². The first-order valence-electron chi connectivity index (χ1n) is 4.43. The zero-order valence-electron chi connectivity index (χ0n) is 8.20. The maximum atomic E-state index is 12.7. The van der Waals surface area contributed by atoms with Crippen molar-refractivity contribution in [3.05, 3.63) is 35.6 Å². The highest BCUT2D eigenvalue weighted by molar-refractivity contribution is 5.85. The molecule has 0 heterocycles. The lowest BCUT2D eigenvalue weighted by molar-refractivity contribution is -0.120. The lowest BCUT2D eigenvalue weighted by Gasteiger charge is -2.03. The third-order valence-corrected chi connectivity index (χ3v) is 1.72. The highest BCUT2D eigenvalue weighted by Gasteiger charge is 2.02. The van der Waals surface area contributed by atoms with Gasteiger partial charge in [0.05, 0.1) is 6.42 Å². The SMILES string of the molecule is Cl.NCCNC(=O)Cc1cccc(F)c1. The Bertz CT molecular complexity index is 320. The van der Waals surface area contributed by atoms with Crippen molar-refractivity contribution in [3.8, 4) is 0 Å². The Morgan fingerprint density at radius 2 is 2.20 bits per heavy atom. The minimum atomic E-state index is -0.325. The zero-order chi connectivity index (χ0) is 10.4. The molecule has 0 unspecified atom stereocenters. The molecule has 0 fully saturated rings. The number of carbonyl (C=O) groups excluding carboxylic acids is 1. The van der Waals surface area contributed by atoms with E-state index in [4.69, 9.17) is 5.73 Å². The first-order valence-corrected chi connectivity index (χ1v) is 4.43. The maximum absolute atomic E-state index is 12.7. The zero-order valence-corrected chi connectivity index (χ0v) is 9.02. The Morgan fingerprint density at radius 1 is 1.47 bits per heavy atom. The molecule has 0 bridgehead atoms. The number of benzene rings is 1. The Hall–Kier alpha value is -1.13. The number of halogens is 2. The van der Waals surface area contributed by atoms with Crippen molar-refractivity contribution >= 4 is 18.3 Å². The molecular formula is C10H14ClFN2O. The van der Waals surface area contributed by atoms with Crippen molar-refractivity contribution in [2.24, 2.45) is 5.73 Å². The van der Waals surface area contributed by atoms with Crippen LogP contribution in [0.2, 0.25) is 0 Å². The Labute approximate surface area is 94.3 Å². The Balaban J connectivity index is 0.00000196. The van der Waals surface area contributed by atoms with Gasteiger partial charge in [0.2, 0.25) is 5.91 Å². The van der Waals surface area contributed by atoms with E-state index in [9.17, 15) is 9.18 Å². The van der Waals surface area contributed by atoms with E-state index in [1.54, 1.807) is 12.1 Å². The van der Waals surface area contributed by atoms with Gasteiger partial charge in [0.15, 0.2) is 0 Å². The monoisotopic (exact) mass is 232 g/mol. The highest BCUT2D eigenvalue weighted by atomic mass is 35.5. The summed E-state index contributed by atoms with van der Waals surface area (Å²) in [6.07, 6.45) is 0.192. The van der Waals surface area contributed by atoms with Crippen LogP contribution < -0.4 is 11.1 Å². The van der Waals surface area contributed by atoms with Crippen molar-refractivity contribution in [2.45, 2.75) is 6.42 Å². The van der Waals surface area contributed by atoms with Crippen molar-refractivity contribution < 1.29 is 9.18 Å². The van der Waals surface area contributed by atoms with E-state index < -0.39 is 0 Å². The number of hydrogen-bond acceptors (Lipinski definition) is 2. The summed E-state index contributed by atoms with van der Waals surface area (Å²) in [6, 6.07) is 6.00. The summed E-state index contributed by atoms with van der Waals surface area (Å²) in [7, 11) is 0. The minimum absolute atomic E-state index is 0. The van der Waals surface area contributed by atoms with Gasteiger partial charge in [-0.05, 0) is 17.7 Å². The topological polar surface area (TPSA) is 55.1 Å². The predicted molar refractivity (Wildman–Crippen MR) is 59.4 cm³/mol. The second-order valence-corrected chi connectivity index (χ2v) is 2.95. The fraction of sp³-hybridized carbons (Fsp3) is 0.300. The van der Waals surface area contributed by atoms with Gasteiger partial charge in [-0.1, -0.05) is 12.1 Å². The van der Waals surface area contributed by atoms with Crippen LogP contribution in [0, 0.1) is 5.82 Å². The molecule has 1 aromatic carbocycles. The molecule has 0 spiro atoms. The smallest absolute Gasteiger partial charge is 0.224 e. The van der Waals surface area contributed by atoms with E-state index in [1.165, 1.54) is 12.1 Å². The lowest BCUT2D eigenvalue weighted by atomic mass is 10.1. The van der Waals surface area contributed by atoms with Gasteiger partial charge in [-0.2, -0.15) is 0 Å². The van der Waals surface area contributed by atoms with E-state index >= 15 is 0 Å². The van der Waals surface area contributed by atoms with Crippen LogP contribution in [0.15, 0.2) is 24.3 Å². The number of hydrogen-bond donors (Lipinski definition) is 2. The molecule has 0 saturated heterocycles. The molecular weight excluding hydrogens is 219 g/mol. The van der Waals surface area contributed by atoms with Crippen LogP contribution in [-0.2, 0) is 11.2 Å².